The zero-order valence-corrected chi connectivity index (χ0v) is 12.0. The summed E-state index contributed by atoms with van der Waals surface area (Å²) in [6.45, 7) is 2.68. The molecule has 1 atom stereocenters. The first kappa shape index (κ1) is 16.0. The van der Waals surface area contributed by atoms with E-state index in [4.69, 9.17) is 5.11 Å². The number of hydrogen-bond donors (Lipinski definition) is 2. The van der Waals surface area contributed by atoms with E-state index in [9.17, 15) is 9.59 Å². The first-order valence-corrected chi connectivity index (χ1v) is 6.83. The van der Waals surface area contributed by atoms with Crippen molar-refractivity contribution in [3.63, 3.8) is 0 Å². The molecule has 110 valence electrons. The number of carbonyl (C=O) groups is 2. The molecular weight excluding hydrogens is 256 g/mol. The van der Waals surface area contributed by atoms with Crippen LogP contribution in [-0.2, 0) is 4.79 Å². The summed E-state index contributed by atoms with van der Waals surface area (Å²) < 4.78 is 0. The average Bonchev–Trinajstić information content (AvgIpc) is 2.44. The second-order valence-corrected chi connectivity index (χ2v) is 4.77. The molecule has 0 radical (unpaired) electrons. The number of rotatable bonds is 7. The Balaban J connectivity index is 2.72. The Morgan fingerprint density at radius 3 is 2.50 bits per heavy atom. The summed E-state index contributed by atoms with van der Waals surface area (Å²) in [5.74, 6) is -0.859. The van der Waals surface area contributed by atoms with E-state index in [1.807, 2.05) is 37.3 Å². The number of carbonyl (C=O) groups excluding carboxylic acids is 1. The van der Waals surface area contributed by atoms with Gasteiger partial charge in [0.1, 0.15) is 0 Å². The van der Waals surface area contributed by atoms with E-state index in [1.165, 1.54) is 0 Å². The Kier molecular flexibility index (Phi) is 6.56. The fourth-order valence-corrected chi connectivity index (χ4v) is 1.97. The van der Waals surface area contributed by atoms with Gasteiger partial charge in [0, 0.05) is 20.0 Å². The van der Waals surface area contributed by atoms with Crippen LogP contribution >= 0.6 is 0 Å². The number of carboxylic acid groups (broad SMARTS) is 1. The third kappa shape index (κ3) is 5.30. The normalized spacial score (nSPS) is 11.7. The maximum absolute atomic E-state index is 12.0. The Morgan fingerprint density at radius 1 is 1.30 bits per heavy atom. The van der Waals surface area contributed by atoms with Gasteiger partial charge in [-0.05, 0) is 18.4 Å². The van der Waals surface area contributed by atoms with E-state index in [0.29, 0.717) is 13.0 Å². The Bertz CT molecular complexity index is 434. The zero-order valence-electron chi connectivity index (χ0n) is 12.0. The molecular formula is C15H22N2O3. The predicted molar refractivity (Wildman–Crippen MR) is 77.5 cm³/mol. The standard InChI is InChI=1S/C15H22N2O3/c1-3-11-17(2)15(20)16-13(9-10-14(18)19)12-7-5-4-6-8-12/h4-8,13H,3,9-11H2,1-2H3,(H,16,20)(H,18,19). The molecule has 2 amide bonds. The van der Waals surface area contributed by atoms with Crippen LogP contribution in [0.1, 0.15) is 37.8 Å². The van der Waals surface area contributed by atoms with Crippen LogP contribution in [0.2, 0.25) is 0 Å². The summed E-state index contributed by atoms with van der Waals surface area (Å²) in [6, 6.07) is 8.99. The summed E-state index contributed by atoms with van der Waals surface area (Å²) >= 11 is 0. The van der Waals surface area contributed by atoms with Crippen molar-refractivity contribution in [2.45, 2.75) is 32.2 Å². The maximum Gasteiger partial charge on any atom is 0.317 e. The highest BCUT2D eigenvalue weighted by Crippen LogP contribution is 2.18. The van der Waals surface area contributed by atoms with Crippen LogP contribution in [0.15, 0.2) is 30.3 Å². The number of amides is 2. The highest BCUT2D eigenvalue weighted by molar-refractivity contribution is 5.74. The SMILES string of the molecule is CCCN(C)C(=O)NC(CCC(=O)O)c1ccccc1. The molecule has 20 heavy (non-hydrogen) atoms. The van der Waals surface area contributed by atoms with E-state index in [0.717, 1.165) is 12.0 Å². The highest BCUT2D eigenvalue weighted by Gasteiger charge is 2.17. The molecule has 0 aliphatic rings. The molecule has 2 N–H and O–H groups in total. The minimum Gasteiger partial charge on any atom is -0.481 e. The molecule has 1 unspecified atom stereocenters. The lowest BCUT2D eigenvalue weighted by molar-refractivity contribution is -0.137. The maximum atomic E-state index is 12.0. The van der Waals surface area contributed by atoms with E-state index < -0.39 is 5.97 Å². The molecule has 0 saturated carbocycles. The third-order valence-electron chi connectivity index (χ3n) is 3.05. The predicted octanol–water partition coefficient (Wildman–Crippen LogP) is 2.64. The topological polar surface area (TPSA) is 69.6 Å². The Hall–Kier alpha value is -2.04. The van der Waals surface area contributed by atoms with Crippen molar-refractivity contribution in [2.24, 2.45) is 0 Å². The van der Waals surface area contributed by atoms with Gasteiger partial charge in [0.05, 0.1) is 6.04 Å². The van der Waals surface area contributed by atoms with Crippen molar-refractivity contribution in [1.82, 2.24) is 10.2 Å². The van der Waals surface area contributed by atoms with Crippen molar-refractivity contribution in [3.05, 3.63) is 35.9 Å². The second kappa shape index (κ2) is 8.19. The van der Waals surface area contributed by atoms with Crippen molar-refractivity contribution in [3.8, 4) is 0 Å². The molecule has 0 spiro atoms. The fourth-order valence-electron chi connectivity index (χ4n) is 1.97. The van der Waals surface area contributed by atoms with Gasteiger partial charge >= 0.3 is 12.0 Å². The number of hydrogen-bond acceptors (Lipinski definition) is 2. The van der Waals surface area contributed by atoms with Gasteiger partial charge in [0.2, 0.25) is 0 Å². The summed E-state index contributed by atoms with van der Waals surface area (Å²) in [5.41, 5.74) is 0.923. The van der Waals surface area contributed by atoms with Crippen molar-refractivity contribution in [2.75, 3.05) is 13.6 Å². The lowest BCUT2D eigenvalue weighted by Crippen LogP contribution is -2.39. The van der Waals surface area contributed by atoms with Gasteiger partial charge < -0.3 is 15.3 Å². The summed E-state index contributed by atoms with van der Waals surface area (Å²) in [5, 5.41) is 11.7. The number of nitrogens with zero attached hydrogens (tertiary/aromatic N) is 1. The lowest BCUT2D eigenvalue weighted by Gasteiger charge is -2.23. The molecule has 1 aromatic carbocycles. The Morgan fingerprint density at radius 2 is 1.95 bits per heavy atom. The number of nitrogens with one attached hydrogen (secondary N) is 1. The van der Waals surface area contributed by atoms with Crippen LogP contribution in [0, 0.1) is 0 Å². The first-order chi connectivity index (χ1) is 9.54. The van der Waals surface area contributed by atoms with E-state index >= 15 is 0 Å². The molecule has 0 bridgehead atoms. The Labute approximate surface area is 119 Å². The van der Waals surface area contributed by atoms with Crippen molar-refractivity contribution >= 4 is 12.0 Å². The van der Waals surface area contributed by atoms with Crippen molar-refractivity contribution in [1.29, 1.82) is 0 Å². The molecule has 0 aromatic heterocycles. The summed E-state index contributed by atoms with van der Waals surface area (Å²) in [6.07, 6.45) is 1.29. The molecule has 5 nitrogen and oxygen atoms in total. The van der Waals surface area contributed by atoms with Crippen molar-refractivity contribution < 1.29 is 14.7 Å². The van der Waals surface area contributed by atoms with Crippen LogP contribution in [0.25, 0.3) is 0 Å². The first-order valence-electron chi connectivity index (χ1n) is 6.83. The van der Waals surface area contributed by atoms with Crippen LogP contribution in [0.5, 0.6) is 0 Å². The molecule has 0 saturated heterocycles. The molecule has 0 aliphatic carbocycles. The number of benzene rings is 1. The van der Waals surface area contributed by atoms with Gasteiger partial charge in [-0.25, -0.2) is 4.79 Å². The van der Waals surface area contributed by atoms with E-state index in [-0.39, 0.29) is 18.5 Å². The quantitative estimate of drug-likeness (QED) is 0.805. The average molecular weight is 278 g/mol. The molecule has 1 aromatic rings. The summed E-state index contributed by atoms with van der Waals surface area (Å²) in [4.78, 5) is 24.4. The number of carboxylic acids is 1. The fraction of sp³-hybridized carbons (Fsp3) is 0.467. The zero-order chi connectivity index (χ0) is 15.0. The second-order valence-electron chi connectivity index (χ2n) is 4.77. The third-order valence-corrected chi connectivity index (χ3v) is 3.05. The molecule has 1 rings (SSSR count). The van der Waals surface area contributed by atoms with Crippen LogP contribution in [0.4, 0.5) is 4.79 Å². The number of urea groups is 1. The number of aliphatic carboxylic acids is 1. The molecule has 5 heteroatoms. The van der Waals surface area contributed by atoms with Crippen LogP contribution < -0.4 is 5.32 Å². The van der Waals surface area contributed by atoms with Crippen LogP contribution in [0.3, 0.4) is 0 Å². The van der Waals surface area contributed by atoms with E-state index in [2.05, 4.69) is 5.32 Å². The largest absolute Gasteiger partial charge is 0.481 e. The smallest absolute Gasteiger partial charge is 0.317 e. The molecule has 0 heterocycles. The highest BCUT2D eigenvalue weighted by atomic mass is 16.4. The van der Waals surface area contributed by atoms with Gasteiger partial charge in [0.15, 0.2) is 0 Å². The van der Waals surface area contributed by atoms with E-state index in [1.54, 1.807) is 11.9 Å². The summed E-state index contributed by atoms with van der Waals surface area (Å²) in [7, 11) is 1.73. The molecule has 0 fully saturated rings. The van der Waals surface area contributed by atoms with Gasteiger partial charge in [-0.15, -0.1) is 0 Å². The van der Waals surface area contributed by atoms with Gasteiger partial charge in [-0.1, -0.05) is 37.3 Å². The van der Waals surface area contributed by atoms with Gasteiger partial charge in [-0.2, -0.15) is 0 Å². The minimum atomic E-state index is -0.859. The monoisotopic (exact) mass is 278 g/mol. The molecule has 0 aliphatic heterocycles. The minimum absolute atomic E-state index is 0.0251. The lowest BCUT2D eigenvalue weighted by atomic mass is 10.0. The van der Waals surface area contributed by atoms with Gasteiger partial charge in [0.25, 0.3) is 0 Å². The van der Waals surface area contributed by atoms with Gasteiger partial charge in [-0.3, -0.25) is 4.79 Å². The van der Waals surface area contributed by atoms with Crippen LogP contribution in [-0.4, -0.2) is 35.6 Å².